The number of aliphatic hydroxyl groups is 2. The summed E-state index contributed by atoms with van der Waals surface area (Å²) in [6.45, 7) is 1.05. The number of carboxylic acid groups (broad SMARTS) is 1. The van der Waals surface area contributed by atoms with Gasteiger partial charge in [-0.05, 0) is 23.8 Å². The van der Waals surface area contributed by atoms with Gasteiger partial charge in [0.1, 0.15) is 11.9 Å². The van der Waals surface area contributed by atoms with Gasteiger partial charge in [0.05, 0.1) is 28.9 Å². The number of carbonyl (C=O) groups is 2. The number of carbonyl (C=O) groups excluding carboxylic acids is 1. The third kappa shape index (κ3) is 5.51. The lowest BCUT2D eigenvalue weighted by Gasteiger charge is -2.34. The number of rotatable bonds is 6. The molecule has 0 radical (unpaired) electrons. The Balaban J connectivity index is 1.80. The van der Waals surface area contributed by atoms with Crippen molar-refractivity contribution in [2.75, 3.05) is 51.3 Å². The third-order valence-corrected chi connectivity index (χ3v) is 5.72. The number of piperazine rings is 1. The molecule has 0 spiro atoms. The topological polar surface area (TPSA) is 141 Å². The number of hydrogen-bond acceptors (Lipinski definition) is 7. The number of nitrogens with zero attached hydrogens (tertiary/aromatic N) is 5. The normalized spacial score (nSPS) is 14.5. The van der Waals surface area contributed by atoms with Gasteiger partial charge in [-0.1, -0.05) is 17.7 Å². The van der Waals surface area contributed by atoms with E-state index in [9.17, 15) is 20.0 Å². The summed E-state index contributed by atoms with van der Waals surface area (Å²) in [5, 5.41) is 37.5. The van der Waals surface area contributed by atoms with Gasteiger partial charge in [-0.15, -0.1) is 0 Å². The lowest BCUT2D eigenvalue weighted by atomic mass is 10.0. The number of pyridine rings is 1. The fourth-order valence-corrected chi connectivity index (χ4v) is 3.85. The van der Waals surface area contributed by atoms with Gasteiger partial charge in [0.25, 0.3) is 5.91 Å². The highest BCUT2D eigenvalue weighted by Crippen LogP contribution is 2.29. The van der Waals surface area contributed by atoms with Crippen LogP contribution in [-0.4, -0.2) is 94.6 Å². The van der Waals surface area contributed by atoms with Crippen molar-refractivity contribution in [2.24, 2.45) is 0 Å². The zero-order valence-corrected chi connectivity index (χ0v) is 18.7. The molecule has 11 heteroatoms. The van der Waals surface area contributed by atoms with Crippen LogP contribution in [0.15, 0.2) is 30.5 Å². The number of hydrogen-bond donors (Lipinski definition) is 3. The van der Waals surface area contributed by atoms with E-state index in [4.69, 9.17) is 21.8 Å². The van der Waals surface area contributed by atoms with E-state index < -0.39 is 24.7 Å². The Morgan fingerprint density at radius 2 is 1.94 bits per heavy atom. The Kier molecular flexibility index (Phi) is 7.71. The standard InChI is InChI=1S/C22H24ClN5O5/c1-26(12-17(30)13-29)21(31)18-3-2-14(9-19(18)23)16-8-15(10-24)20(25-11-16)27-4-6-28(7-5-27)22(32)33/h2-3,8-9,11,17,29-30H,4-7,12-13H2,1H3,(H,32,33). The molecule has 2 heterocycles. The van der Waals surface area contributed by atoms with Gasteiger partial charge < -0.3 is 30.0 Å². The van der Waals surface area contributed by atoms with Crippen molar-refractivity contribution in [3.05, 3.63) is 46.6 Å². The molecular weight excluding hydrogens is 450 g/mol. The fourth-order valence-electron chi connectivity index (χ4n) is 3.59. The Bertz CT molecular complexity index is 1080. The minimum Gasteiger partial charge on any atom is -0.465 e. The maximum Gasteiger partial charge on any atom is 0.407 e. The monoisotopic (exact) mass is 473 g/mol. The first-order valence-electron chi connectivity index (χ1n) is 10.2. The molecule has 33 heavy (non-hydrogen) atoms. The Hall–Kier alpha value is -3.39. The highest BCUT2D eigenvalue weighted by Gasteiger charge is 2.23. The molecule has 1 aliphatic rings. The van der Waals surface area contributed by atoms with Gasteiger partial charge in [0.15, 0.2) is 0 Å². The molecule has 1 aliphatic heterocycles. The van der Waals surface area contributed by atoms with Gasteiger partial charge in [-0.25, -0.2) is 9.78 Å². The van der Waals surface area contributed by atoms with Crippen LogP contribution in [0.4, 0.5) is 10.6 Å². The summed E-state index contributed by atoms with van der Waals surface area (Å²) in [5.74, 6) is 0.0963. The maximum absolute atomic E-state index is 12.6. The molecule has 1 saturated heterocycles. The minimum absolute atomic E-state index is 0.0367. The molecule has 1 aromatic heterocycles. The second-order valence-electron chi connectivity index (χ2n) is 7.68. The van der Waals surface area contributed by atoms with Gasteiger partial charge in [0, 0.05) is 51.5 Å². The minimum atomic E-state index is -1.04. The van der Waals surface area contributed by atoms with E-state index in [1.54, 1.807) is 30.5 Å². The number of aliphatic hydroxyl groups excluding tert-OH is 2. The van der Waals surface area contributed by atoms with Crippen LogP contribution in [0.25, 0.3) is 11.1 Å². The smallest absolute Gasteiger partial charge is 0.407 e. The number of likely N-dealkylation sites (N-methyl/N-ethyl adjacent to an activating group) is 1. The molecule has 174 valence electrons. The van der Waals surface area contributed by atoms with Crippen LogP contribution >= 0.6 is 11.6 Å². The molecular formula is C22H24ClN5O5. The first-order valence-corrected chi connectivity index (χ1v) is 10.6. The average molecular weight is 474 g/mol. The van der Waals surface area contributed by atoms with E-state index in [1.807, 2.05) is 4.90 Å². The molecule has 1 fully saturated rings. The average Bonchev–Trinajstić information content (AvgIpc) is 2.83. The summed E-state index contributed by atoms with van der Waals surface area (Å²) >= 11 is 6.35. The molecule has 1 aromatic carbocycles. The molecule has 1 unspecified atom stereocenters. The second kappa shape index (κ2) is 10.5. The molecule has 0 saturated carbocycles. The van der Waals surface area contributed by atoms with Crippen LogP contribution in [-0.2, 0) is 0 Å². The highest BCUT2D eigenvalue weighted by atomic mass is 35.5. The van der Waals surface area contributed by atoms with Crippen molar-refractivity contribution in [1.82, 2.24) is 14.8 Å². The molecule has 0 aliphatic carbocycles. The highest BCUT2D eigenvalue weighted by molar-refractivity contribution is 6.34. The van der Waals surface area contributed by atoms with Crippen molar-refractivity contribution in [3.8, 4) is 17.2 Å². The number of anilines is 1. The maximum atomic E-state index is 12.6. The van der Waals surface area contributed by atoms with Crippen LogP contribution in [0.5, 0.6) is 0 Å². The third-order valence-electron chi connectivity index (χ3n) is 5.41. The van der Waals surface area contributed by atoms with Gasteiger partial charge in [0.2, 0.25) is 0 Å². The van der Waals surface area contributed by atoms with Gasteiger partial charge in [-0.2, -0.15) is 5.26 Å². The second-order valence-corrected chi connectivity index (χ2v) is 8.09. The lowest BCUT2D eigenvalue weighted by Crippen LogP contribution is -2.48. The number of amides is 2. The van der Waals surface area contributed by atoms with Crippen LogP contribution in [0.1, 0.15) is 15.9 Å². The van der Waals surface area contributed by atoms with E-state index in [0.717, 1.165) is 0 Å². The first-order chi connectivity index (χ1) is 15.7. The van der Waals surface area contributed by atoms with Crippen LogP contribution in [0.3, 0.4) is 0 Å². The van der Waals surface area contributed by atoms with Crippen LogP contribution in [0.2, 0.25) is 5.02 Å². The van der Waals surface area contributed by atoms with Gasteiger partial charge in [-0.3, -0.25) is 4.79 Å². The zero-order valence-electron chi connectivity index (χ0n) is 18.0. The molecule has 2 amide bonds. The largest absolute Gasteiger partial charge is 0.465 e. The molecule has 0 bridgehead atoms. The molecule has 3 N–H and O–H groups in total. The van der Waals surface area contributed by atoms with Crippen LogP contribution in [0, 0.1) is 11.3 Å². The van der Waals surface area contributed by atoms with Crippen LogP contribution < -0.4 is 4.90 Å². The lowest BCUT2D eigenvalue weighted by molar-refractivity contribution is 0.0520. The predicted molar refractivity (Wildman–Crippen MR) is 121 cm³/mol. The van der Waals surface area contributed by atoms with Crippen molar-refractivity contribution in [1.29, 1.82) is 5.26 Å². The van der Waals surface area contributed by atoms with Gasteiger partial charge >= 0.3 is 6.09 Å². The van der Waals surface area contributed by atoms with E-state index in [-0.39, 0.29) is 17.1 Å². The van der Waals surface area contributed by atoms with Crippen molar-refractivity contribution >= 4 is 29.4 Å². The summed E-state index contributed by atoms with van der Waals surface area (Å²) in [6.07, 6.45) is -0.400. The quantitative estimate of drug-likeness (QED) is 0.573. The van der Waals surface area contributed by atoms with Crippen molar-refractivity contribution in [3.63, 3.8) is 0 Å². The Morgan fingerprint density at radius 1 is 1.24 bits per heavy atom. The summed E-state index contributed by atoms with van der Waals surface area (Å²) in [7, 11) is 1.50. The van der Waals surface area contributed by atoms with Crippen molar-refractivity contribution < 1.29 is 24.9 Å². The SMILES string of the molecule is CN(CC(O)CO)C(=O)c1ccc(-c2cnc(N3CCN(C(=O)O)CC3)c(C#N)c2)cc1Cl. The van der Waals surface area contributed by atoms with E-state index in [2.05, 4.69) is 11.1 Å². The number of halogens is 1. The summed E-state index contributed by atoms with van der Waals surface area (Å²) in [4.78, 5) is 32.6. The zero-order chi connectivity index (χ0) is 24.1. The van der Waals surface area contributed by atoms with E-state index in [1.165, 1.54) is 16.8 Å². The molecule has 10 nitrogen and oxygen atoms in total. The molecule has 2 aromatic rings. The van der Waals surface area contributed by atoms with E-state index in [0.29, 0.717) is 48.7 Å². The number of benzene rings is 1. The molecule has 1 atom stereocenters. The summed E-state index contributed by atoms with van der Waals surface area (Å²) < 4.78 is 0. The number of nitriles is 1. The molecule has 3 rings (SSSR count). The Labute approximate surface area is 195 Å². The Morgan fingerprint density at radius 3 is 2.52 bits per heavy atom. The number of aromatic nitrogens is 1. The predicted octanol–water partition coefficient (Wildman–Crippen LogP) is 1.50. The fraction of sp³-hybridized carbons (Fsp3) is 0.364. The van der Waals surface area contributed by atoms with E-state index >= 15 is 0 Å². The van der Waals surface area contributed by atoms with Crippen molar-refractivity contribution in [2.45, 2.75) is 6.10 Å². The summed E-state index contributed by atoms with van der Waals surface area (Å²) in [5.41, 5.74) is 1.91. The first kappa shape index (κ1) is 24.3. The summed E-state index contributed by atoms with van der Waals surface area (Å²) in [6, 6.07) is 8.69.